The minimum absolute atomic E-state index is 0.0696. The second-order valence-corrected chi connectivity index (χ2v) is 10.0. The zero-order chi connectivity index (χ0) is 23.6. The molecule has 4 rings (SSSR count). The first-order valence-electron chi connectivity index (χ1n) is 10.5. The highest BCUT2D eigenvalue weighted by molar-refractivity contribution is 7.89. The number of ether oxygens (including phenoxy) is 1. The summed E-state index contributed by atoms with van der Waals surface area (Å²) in [6.45, 7) is 1.96. The largest absolute Gasteiger partial charge is 0.490 e. The number of hydrogen-bond donors (Lipinski definition) is 2. The van der Waals surface area contributed by atoms with E-state index in [9.17, 15) is 22.4 Å². The molecule has 176 valence electrons. The molecule has 1 saturated carbocycles. The van der Waals surface area contributed by atoms with Gasteiger partial charge in [0.25, 0.3) is 0 Å². The Labute approximate surface area is 190 Å². The van der Waals surface area contributed by atoms with Gasteiger partial charge in [-0.05, 0) is 43.4 Å². The Morgan fingerprint density at radius 1 is 1.27 bits per heavy atom. The van der Waals surface area contributed by atoms with Crippen LogP contribution in [0.15, 0.2) is 30.6 Å². The minimum atomic E-state index is -3.71. The van der Waals surface area contributed by atoms with Gasteiger partial charge >= 0.3 is 6.03 Å². The van der Waals surface area contributed by atoms with Gasteiger partial charge < -0.3 is 4.74 Å². The molecule has 1 aliphatic heterocycles. The number of amides is 3. The average Bonchev–Trinajstić information content (AvgIpc) is 3.53. The maximum atomic E-state index is 14.0. The summed E-state index contributed by atoms with van der Waals surface area (Å²) in [5.74, 6) is -0.391. The van der Waals surface area contributed by atoms with Gasteiger partial charge in [0.05, 0.1) is 12.4 Å². The van der Waals surface area contributed by atoms with Crippen LogP contribution in [0.5, 0.6) is 5.75 Å². The lowest BCUT2D eigenvalue weighted by molar-refractivity contribution is -0.117. The van der Waals surface area contributed by atoms with Crippen LogP contribution < -0.4 is 19.7 Å². The topological polar surface area (TPSA) is 131 Å². The molecular formula is C21H24FN5O5S. The van der Waals surface area contributed by atoms with Crippen LogP contribution >= 0.6 is 0 Å². The first-order chi connectivity index (χ1) is 15.7. The maximum Gasteiger partial charge on any atom is 0.330 e. The molecule has 10 nitrogen and oxygen atoms in total. The number of anilines is 1. The van der Waals surface area contributed by atoms with E-state index >= 15 is 0 Å². The third kappa shape index (κ3) is 6.02. The minimum Gasteiger partial charge on any atom is -0.490 e. The summed E-state index contributed by atoms with van der Waals surface area (Å²) in [5, 5.41) is 2.15. The van der Waals surface area contributed by atoms with E-state index in [2.05, 4.69) is 20.0 Å². The second-order valence-electron chi connectivity index (χ2n) is 8.16. The van der Waals surface area contributed by atoms with Crippen molar-refractivity contribution in [3.63, 3.8) is 0 Å². The van der Waals surface area contributed by atoms with E-state index in [0.29, 0.717) is 23.8 Å². The van der Waals surface area contributed by atoms with Crippen LogP contribution in [0.4, 0.5) is 15.0 Å². The van der Waals surface area contributed by atoms with Crippen molar-refractivity contribution in [2.45, 2.75) is 32.2 Å². The molecule has 0 bridgehead atoms. The van der Waals surface area contributed by atoms with Crippen molar-refractivity contribution in [3.8, 4) is 5.75 Å². The Bertz CT molecular complexity index is 1170. The molecule has 2 fully saturated rings. The van der Waals surface area contributed by atoms with E-state index in [4.69, 9.17) is 4.74 Å². The molecule has 2 aromatic rings. The SMILES string of the molecule is C[C@@H](NS(=O)(=O)CCc1cc(N2CC(=O)NC2=O)ncn1)c1ccc(F)c(OCC2CC2)c1. The molecule has 2 heterocycles. The quantitative estimate of drug-likeness (QED) is 0.498. The van der Waals surface area contributed by atoms with Gasteiger partial charge in [0.15, 0.2) is 11.6 Å². The van der Waals surface area contributed by atoms with E-state index in [1.165, 1.54) is 30.6 Å². The Hall–Kier alpha value is -3.12. The van der Waals surface area contributed by atoms with Crippen molar-refractivity contribution in [2.24, 2.45) is 5.92 Å². The fourth-order valence-electron chi connectivity index (χ4n) is 3.32. The molecule has 1 aromatic carbocycles. The third-order valence-corrected chi connectivity index (χ3v) is 6.84. The number of carbonyl (C=O) groups excluding carboxylic acids is 2. The van der Waals surface area contributed by atoms with Crippen LogP contribution in [-0.4, -0.2) is 49.2 Å². The number of rotatable bonds is 10. The molecule has 1 saturated heterocycles. The van der Waals surface area contributed by atoms with Crippen LogP contribution in [0.3, 0.4) is 0 Å². The number of aryl methyl sites for hydroxylation is 1. The highest BCUT2D eigenvalue weighted by atomic mass is 32.2. The van der Waals surface area contributed by atoms with E-state index in [1.807, 2.05) is 0 Å². The van der Waals surface area contributed by atoms with E-state index in [1.54, 1.807) is 6.92 Å². The molecule has 12 heteroatoms. The fraction of sp³-hybridized carbons (Fsp3) is 0.429. The van der Waals surface area contributed by atoms with Gasteiger partial charge in [-0.25, -0.2) is 32.3 Å². The molecule has 1 aliphatic carbocycles. The lowest BCUT2D eigenvalue weighted by Gasteiger charge is -2.16. The summed E-state index contributed by atoms with van der Waals surface area (Å²) in [5.41, 5.74) is 0.988. The normalized spacial score (nSPS) is 17.2. The number of halogens is 1. The number of nitrogens with zero attached hydrogens (tertiary/aromatic N) is 3. The number of sulfonamides is 1. The van der Waals surface area contributed by atoms with Crippen LogP contribution in [0.2, 0.25) is 0 Å². The molecule has 0 radical (unpaired) electrons. The van der Waals surface area contributed by atoms with Gasteiger partial charge in [-0.15, -0.1) is 0 Å². The van der Waals surface area contributed by atoms with Gasteiger partial charge in [-0.2, -0.15) is 0 Å². The van der Waals surface area contributed by atoms with E-state index in [-0.39, 0.29) is 30.3 Å². The smallest absolute Gasteiger partial charge is 0.330 e. The number of nitrogens with one attached hydrogen (secondary N) is 2. The average molecular weight is 478 g/mol. The summed E-state index contributed by atoms with van der Waals surface area (Å²) in [4.78, 5) is 32.3. The number of hydrogen-bond acceptors (Lipinski definition) is 7. The van der Waals surface area contributed by atoms with Gasteiger partial charge in [0.2, 0.25) is 15.9 Å². The number of imide groups is 1. The summed E-state index contributed by atoms with van der Waals surface area (Å²) in [7, 11) is -3.71. The Morgan fingerprint density at radius 3 is 2.76 bits per heavy atom. The summed E-state index contributed by atoms with van der Waals surface area (Å²) < 4.78 is 47.4. The highest BCUT2D eigenvalue weighted by Gasteiger charge is 2.29. The van der Waals surface area contributed by atoms with Crippen molar-refractivity contribution in [1.29, 1.82) is 0 Å². The second kappa shape index (κ2) is 9.40. The van der Waals surface area contributed by atoms with Gasteiger partial charge in [-0.3, -0.25) is 15.0 Å². The predicted molar refractivity (Wildman–Crippen MR) is 117 cm³/mol. The lowest BCUT2D eigenvalue weighted by atomic mass is 10.1. The first kappa shape index (κ1) is 23.1. The molecule has 33 heavy (non-hydrogen) atoms. The first-order valence-corrected chi connectivity index (χ1v) is 12.2. The number of urea groups is 1. The van der Waals surface area contributed by atoms with Crippen molar-refractivity contribution in [1.82, 2.24) is 20.0 Å². The Kier molecular flexibility index (Phi) is 6.56. The van der Waals surface area contributed by atoms with E-state index in [0.717, 1.165) is 17.7 Å². The van der Waals surface area contributed by atoms with Crippen LogP contribution in [0, 0.1) is 11.7 Å². The number of benzene rings is 1. The van der Waals surface area contributed by atoms with E-state index < -0.39 is 33.8 Å². The Balaban J connectivity index is 1.36. The summed E-state index contributed by atoms with van der Waals surface area (Å²) >= 11 is 0. The molecule has 0 unspecified atom stereocenters. The van der Waals surface area contributed by atoms with Crippen molar-refractivity contribution >= 4 is 27.8 Å². The maximum absolute atomic E-state index is 14.0. The predicted octanol–water partition coefficient (Wildman–Crippen LogP) is 1.68. The molecule has 1 aromatic heterocycles. The van der Waals surface area contributed by atoms with Crippen molar-refractivity contribution in [3.05, 3.63) is 47.7 Å². The molecule has 0 spiro atoms. The summed E-state index contributed by atoms with van der Waals surface area (Å²) in [6.07, 6.45) is 3.44. The van der Waals surface area contributed by atoms with Gasteiger partial charge in [-0.1, -0.05) is 6.07 Å². The summed E-state index contributed by atoms with van der Waals surface area (Å²) in [6, 6.07) is 4.59. The Morgan fingerprint density at radius 2 is 2.06 bits per heavy atom. The molecule has 3 amide bonds. The lowest BCUT2D eigenvalue weighted by Crippen LogP contribution is -2.30. The van der Waals surface area contributed by atoms with Crippen molar-refractivity contribution < 1.29 is 27.1 Å². The van der Waals surface area contributed by atoms with Crippen LogP contribution in [0.1, 0.15) is 37.1 Å². The fourth-order valence-corrected chi connectivity index (χ4v) is 4.59. The molecule has 2 aliphatic rings. The molecule has 2 N–H and O–H groups in total. The van der Waals surface area contributed by atoms with Gasteiger partial charge in [0.1, 0.15) is 18.7 Å². The zero-order valence-corrected chi connectivity index (χ0v) is 18.8. The van der Waals surface area contributed by atoms with Crippen LogP contribution in [-0.2, 0) is 21.2 Å². The van der Waals surface area contributed by atoms with Crippen molar-refractivity contribution in [2.75, 3.05) is 23.8 Å². The monoisotopic (exact) mass is 477 g/mol. The van der Waals surface area contributed by atoms with Crippen LogP contribution in [0.25, 0.3) is 0 Å². The highest BCUT2D eigenvalue weighted by Crippen LogP contribution is 2.31. The van der Waals surface area contributed by atoms with Gasteiger partial charge in [0, 0.05) is 24.2 Å². The molecular weight excluding hydrogens is 453 g/mol. The zero-order valence-electron chi connectivity index (χ0n) is 18.0. The number of carbonyl (C=O) groups is 2. The standard InChI is InChI=1S/C21H24FN5O5S/c1-13(15-4-5-17(22)18(8-15)32-11-14-2-3-14)26-33(30,31)7-6-16-9-19(24-12-23-16)27-10-20(28)25-21(27)29/h4-5,8-9,12-14,26H,2-3,6-7,10-11H2,1H3,(H,25,28,29)/t13-/m1/s1. The molecule has 1 atom stereocenters. The number of aromatic nitrogens is 2. The third-order valence-electron chi connectivity index (χ3n) is 5.39.